The highest BCUT2D eigenvalue weighted by Gasteiger charge is 2.43. The molecule has 0 aliphatic heterocycles. The van der Waals surface area contributed by atoms with E-state index in [9.17, 15) is 9.59 Å². The molecule has 2 aliphatic rings. The highest BCUT2D eigenvalue weighted by atomic mass is 16.5. The van der Waals surface area contributed by atoms with E-state index in [0.717, 1.165) is 19.3 Å². The van der Waals surface area contributed by atoms with E-state index in [0.29, 0.717) is 30.3 Å². The lowest BCUT2D eigenvalue weighted by molar-refractivity contribution is -0.142. The van der Waals surface area contributed by atoms with Crippen molar-refractivity contribution < 1.29 is 19.1 Å². The van der Waals surface area contributed by atoms with Crippen molar-refractivity contribution in [2.24, 2.45) is 17.8 Å². The zero-order chi connectivity index (χ0) is 15.4. The van der Waals surface area contributed by atoms with Crippen LogP contribution in [0.25, 0.3) is 0 Å². The lowest BCUT2D eigenvalue weighted by Crippen LogP contribution is -2.20. The Bertz CT molecular complexity index is 473. The predicted octanol–water partition coefficient (Wildman–Crippen LogP) is 3.03. The molecule has 0 aromatic rings. The minimum absolute atomic E-state index is 0.0192. The van der Waals surface area contributed by atoms with E-state index in [1.165, 1.54) is 0 Å². The summed E-state index contributed by atoms with van der Waals surface area (Å²) < 4.78 is 10.5. The second-order valence-electron chi connectivity index (χ2n) is 6.12. The number of fused-ring (bicyclic) bond motifs is 2. The van der Waals surface area contributed by atoms with Crippen molar-refractivity contribution >= 4 is 11.9 Å². The summed E-state index contributed by atoms with van der Waals surface area (Å²) in [5.41, 5.74) is 1.04. The minimum atomic E-state index is -0.357. The van der Waals surface area contributed by atoms with Crippen molar-refractivity contribution in [3.63, 3.8) is 0 Å². The van der Waals surface area contributed by atoms with Gasteiger partial charge in [-0.2, -0.15) is 0 Å². The van der Waals surface area contributed by atoms with Crippen molar-refractivity contribution in [1.82, 2.24) is 0 Å². The quantitative estimate of drug-likeness (QED) is 0.534. The van der Waals surface area contributed by atoms with Crippen LogP contribution in [0.3, 0.4) is 0 Å². The zero-order valence-electron chi connectivity index (χ0n) is 13.1. The number of hydrogen-bond acceptors (Lipinski definition) is 4. The van der Waals surface area contributed by atoms with Crippen LogP contribution in [0.2, 0.25) is 0 Å². The summed E-state index contributed by atoms with van der Waals surface area (Å²) in [5.74, 6) is -0.182. The lowest BCUT2D eigenvalue weighted by Gasteiger charge is -2.15. The largest absolute Gasteiger partial charge is 0.462 e. The number of rotatable bonds is 7. The average molecular weight is 292 g/mol. The molecule has 2 rings (SSSR count). The van der Waals surface area contributed by atoms with Crippen molar-refractivity contribution in [3.05, 3.63) is 23.3 Å². The molecule has 0 radical (unpaired) electrons. The highest BCUT2D eigenvalue weighted by molar-refractivity contribution is 6.03. The van der Waals surface area contributed by atoms with E-state index in [-0.39, 0.29) is 23.8 Å². The van der Waals surface area contributed by atoms with Crippen LogP contribution < -0.4 is 0 Å². The molecule has 4 nitrogen and oxygen atoms in total. The molecule has 0 aromatic heterocycles. The molecular weight excluding hydrogens is 268 g/mol. The fourth-order valence-electron chi connectivity index (χ4n) is 2.79. The van der Waals surface area contributed by atoms with Crippen LogP contribution in [0, 0.1) is 17.8 Å². The molecule has 2 bridgehead atoms. The molecule has 2 atom stereocenters. The molecule has 0 aromatic carbocycles. The van der Waals surface area contributed by atoms with E-state index >= 15 is 0 Å². The number of carbonyl (C=O) groups is 2. The monoisotopic (exact) mass is 292 g/mol. The van der Waals surface area contributed by atoms with Gasteiger partial charge in [0.15, 0.2) is 0 Å². The topological polar surface area (TPSA) is 52.6 Å². The van der Waals surface area contributed by atoms with E-state index in [4.69, 9.17) is 9.47 Å². The van der Waals surface area contributed by atoms with Gasteiger partial charge in [0, 0.05) is 11.8 Å². The van der Waals surface area contributed by atoms with Gasteiger partial charge in [-0.05, 0) is 25.2 Å². The summed E-state index contributed by atoms with van der Waals surface area (Å²) in [5, 5.41) is 0. The molecule has 0 amide bonds. The third-order valence-electron chi connectivity index (χ3n) is 3.92. The van der Waals surface area contributed by atoms with Crippen molar-refractivity contribution in [2.45, 2.75) is 40.0 Å². The first-order valence-corrected chi connectivity index (χ1v) is 7.81. The lowest BCUT2D eigenvalue weighted by atomic mass is 9.97. The van der Waals surface area contributed by atoms with E-state index < -0.39 is 0 Å². The first kappa shape index (κ1) is 15.8. The summed E-state index contributed by atoms with van der Waals surface area (Å²) in [4.78, 5) is 24.5. The second kappa shape index (κ2) is 6.92. The number of ether oxygens (including phenoxy) is 2. The summed E-state index contributed by atoms with van der Waals surface area (Å²) in [6.07, 6.45) is 6.40. The zero-order valence-corrected chi connectivity index (χ0v) is 13.1. The Labute approximate surface area is 126 Å². The summed E-state index contributed by atoms with van der Waals surface area (Å²) in [7, 11) is 0. The van der Waals surface area contributed by atoms with Gasteiger partial charge in [-0.15, -0.1) is 0 Å². The molecular formula is C17H24O4. The van der Waals surface area contributed by atoms with E-state index in [1.807, 2.05) is 19.1 Å². The molecule has 0 spiro atoms. The van der Waals surface area contributed by atoms with Crippen molar-refractivity contribution in [2.75, 3.05) is 13.2 Å². The minimum Gasteiger partial charge on any atom is -0.462 e. The van der Waals surface area contributed by atoms with Crippen LogP contribution in [-0.2, 0) is 19.1 Å². The average Bonchev–Trinajstić information content (AvgIpc) is 3.04. The first-order chi connectivity index (χ1) is 10.0. The van der Waals surface area contributed by atoms with E-state index in [2.05, 4.69) is 13.8 Å². The third kappa shape index (κ3) is 3.55. The Morgan fingerprint density at radius 1 is 1.10 bits per heavy atom. The Balaban J connectivity index is 2.07. The van der Waals surface area contributed by atoms with Gasteiger partial charge < -0.3 is 9.47 Å². The summed E-state index contributed by atoms with van der Waals surface area (Å²) in [6.45, 7) is 6.91. The van der Waals surface area contributed by atoms with Crippen LogP contribution in [0.5, 0.6) is 0 Å². The molecule has 21 heavy (non-hydrogen) atoms. The Hall–Kier alpha value is -1.58. The van der Waals surface area contributed by atoms with Crippen LogP contribution >= 0.6 is 0 Å². The Morgan fingerprint density at radius 3 is 2.10 bits per heavy atom. The molecule has 4 heteroatoms. The van der Waals surface area contributed by atoms with Crippen LogP contribution in [-0.4, -0.2) is 25.2 Å². The molecule has 0 heterocycles. The second-order valence-corrected chi connectivity index (χ2v) is 6.12. The fraction of sp³-hybridized carbons (Fsp3) is 0.647. The standard InChI is InChI=1S/C17H24O4/c1-4-8-20-16(18)14-12-5-6-13(10-12)15(14)17(19)21-9-7-11(2)3/h5-6,11-13H,4,7-10H2,1-3H3. The molecule has 116 valence electrons. The Morgan fingerprint density at radius 2 is 1.62 bits per heavy atom. The number of allylic oxidation sites excluding steroid dienone is 2. The fourth-order valence-corrected chi connectivity index (χ4v) is 2.79. The molecule has 2 aliphatic carbocycles. The Kier molecular flexibility index (Phi) is 5.21. The summed E-state index contributed by atoms with van der Waals surface area (Å²) in [6, 6.07) is 0. The number of esters is 2. The normalized spacial score (nSPS) is 23.0. The highest BCUT2D eigenvalue weighted by Crippen LogP contribution is 2.44. The maximum absolute atomic E-state index is 12.3. The first-order valence-electron chi connectivity index (χ1n) is 7.81. The van der Waals surface area contributed by atoms with Crippen LogP contribution in [0.15, 0.2) is 23.3 Å². The van der Waals surface area contributed by atoms with Crippen molar-refractivity contribution in [3.8, 4) is 0 Å². The van der Waals surface area contributed by atoms with Crippen LogP contribution in [0.4, 0.5) is 0 Å². The van der Waals surface area contributed by atoms with E-state index in [1.54, 1.807) is 0 Å². The third-order valence-corrected chi connectivity index (χ3v) is 3.92. The van der Waals surface area contributed by atoms with Crippen LogP contribution in [0.1, 0.15) is 40.0 Å². The molecule has 0 N–H and O–H groups in total. The van der Waals surface area contributed by atoms with Gasteiger partial charge in [-0.1, -0.05) is 32.9 Å². The van der Waals surface area contributed by atoms with Gasteiger partial charge in [0.25, 0.3) is 0 Å². The molecule has 2 unspecified atom stereocenters. The SMILES string of the molecule is CCCOC(=O)C1=C(C(=O)OCCC(C)C)C2C=CC1C2. The maximum atomic E-state index is 12.3. The van der Waals surface area contributed by atoms with Gasteiger partial charge >= 0.3 is 11.9 Å². The smallest absolute Gasteiger partial charge is 0.335 e. The number of hydrogen-bond donors (Lipinski definition) is 0. The maximum Gasteiger partial charge on any atom is 0.335 e. The van der Waals surface area contributed by atoms with Gasteiger partial charge in [0.1, 0.15) is 0 Å². The number of carbonyl (C=O) groups excluding carboxylic acids is 2. The molecule has 0 saturated carbocycles. The van der Waals surface area contributed by atoms with Gasteiger partial charge in [0.2, 0.25) is 0 Å². The van der Waals surface area contributed by atoms with Gasteiger partial charge in [0.05, 0.1) is 24.4 Å². The van der Waals surface area contributed by atoms with Gasteiger partial charge in [-0.3, -0.25) is 0 Å². The van der Waals surface area contributed by atoms with Gasteiger partial charge in [-0.25, -0.2) is 9.59 Å². The predicted molar refractivity (Wildman–Crippen MR) is 79.4 cm³/mol. The molecule has 0 fully saturated rings. The van der Waals surface area contributed by atoms with Crippen molar-refractivity contribution in [1.29, 1.82) is 0 Å². The summed E-state index contributed by atoms with van der Waals surface area (Å²) >= 11 is 0. The molecule has 0 saturated heterocycles.